The number of ether oxygens (including phenoxy) is 3. The summed E-state index contributed by atoms with van der Waals surface area (Å²) in [5.74, 6) is 0.921. The van der Waals surface area contributed by atoms with E-state index in [1.165, 1.54) is 19.5 Å². The molecule has 3 heterocycles. The van der Waals surface area contributed by atoms with Crippen molar-refractivity contribution >= 4 is 21.4 Å². The molecule has 3 aromatic rings. The van der Waals surface area contributed by atoms with E-state index in [0.717, 1.165) is 0 Å². The number of methoxy groups -OCH3 is 2. The van der Waals surface area contributed by atoms with E-state index < -0.39 is 21.2 Å². The van der Waals surface area contributed by atoms with E-state index in [1.54, 1.807) is 36.8 Å². The molecule has 0 amide bonds. The predicted octanol–water partition coefficient (Wildman–Crippen LogP) is 3.47. The van der Waals surface area contributed by atoms with Crippen LogP contribution < -0.4 is 4.74 Å². The molecule has 0 bridgehead atoms. The first-order chi connectivity index (χ1) is 17.1. The Labute approximate surface area is 216 Å². The molecular weight excluding hydrogens is 508 g/mol. The van der Waals surface area contributed by atoms with E-state index in [-0.39, 0.29) is 29.5 Å². The van der Waals surface area contributed by atoms with E-state index in [4.69, 9.17) is 25.8 Å². The first kappa shape index (κ1) is 27.9. The zero-order valence-corrected chi connectivity index (χ0v) is 22.7. The Balaban J connectivity index is 2.00. The minimum atomic E-state index is -3.82. The van der Waals surface area contributed by atoms with Crippen LogP contribution >= 0.6 is 11.6 Å². The third-order valence-corrected chi connectivity index (χ3v) is 7.65. The molecule has 0 saturated heterocycles. The minimum absolute atomic E-state index is 0.236. The summed E-state index contributed by atoms with van der Waals surface area (Å²) in [6.45, 7) is 7.42. The smallest absolute Gasteiger partial charge is 0.213 e. The Morgan fingerprint density at radius 2 is 1.75 bits per heavy atom. The number of pyridine rings is 1. The van der Waals surface area contributed by atoms with Gasteiger partial charge < -0.3 is 18.8 Å². The van der Waals surface area contributed by atoms with Crippen LogP contribution in [0.5, 0.6) is 5.88 Å². The molecule has 3 rings (SSSR count). The fraction of sp³-hybridized carbons (Fsp3) is 0.522. The first-order valence-corrected chi connectivity index (χ1v) is 13.4. The lowest BCUT2D eigenvalue weighted by atomic mass is 10.2. The van der Waals surface area contributed by atoms with Gasteiger partial charge in [0.25, 0.3) is 0 Å². The van der Waals surface area contributed by atoms with Crippen molar-refractivity contribution in [1.29, 1.82) is 0 Å². The maximum Gasteiger partial charge on any atom is 0.213 e. The molecule has 0 saturated carbocycles. The van der Waals surface area contributed by atoms with Gasteiger partial charge in [0.2, 0.25) is 5.88 Å². The van der Waals surface area contributed by atoms with Crippen LogP contribution in [0, 0.1) is 0 Å². The van der Waals surface area contributed by atoms with Crippen LogP contribution in [0.4, 0.5) is 0 Å². The van der Waals surface area contributed by atoms with Gasteiger partial charge in [-0.05, 0) is 33.8 Å². The van der Waals surface area contributed by atoms with Crippen molar-refractivity contribution < 1.29 is 22.6 Å². The fourth-order valence-corrected chi connectivity index (χ4v) is 5.15. The zero-order chi connectivity index (χ0) is 26.5. The second-order valence-electron chi connectivity index (χ2n) is 8.56. The van der Waals surface area contributed by atoms with Gasteiger partial charge in [-0.1, -0.05) is 17.7 Å². The maximum atomic E-state index is 13.6. The van der Waals surface area contributed by atoms with Gasteiger partial charge in [-0.25, -0.2) is 23.4 Å². The molecule has 0 N–H and O–H groups in total. The minimum Gasteiger partial charge on any atom is -0.481 e. The average molecular weight is 539 g/mol. The summed E-state index contributed by atoms with van der Waals surface area (Å²) in [6.07, 6.45) is 1.66. The topological polar surface area (TPSA) is 131 Å². The lowest BCUT2D eigenvalue weighted by molar-refractivity contribution is 0.00142. The Bertz CT molecular complexity index is 1250. The van der Waals surface area contributed by atoms with Crippen molar-refractivity contribution in [2.75, 3.05) is 20.8 Å². The second-order valence-corrected chi connectivity index (χ2v) is 11.4. The standard InChI is InChI=1S/C23H31ClN6O5S/c1-14(2)35-21(22-25-10-17(24)11-26-22)16(4)36(31,32)13-19-28-29-23(30(19)15(3)12-33-5)18-8-7-9-20(27-18)34-6/h7-11,14-16,21H,12-13H2,1-6H3/t15-,16-,21+/m0/s1. The van der Waals surface area contributed by atoms with Crippen LogP contribution in [-0.2, 0) is 25.1 Å². The van der Waals surface area contributed by atoms with E-state index in [1.807, 2.05) is 20.8 Å². The fourth-order valence-electron chi connectivity index (χ4n) is 3.67. The molecule has 0 aromatic carbocycles. The van der Waals surface area contributed by atoms with Crippen molar-refractivity contribution in [2.45, 2.75) is 56.9 Å². The van der Waals surface area contributed by atoms with Gasteiger partial charge in [0.05, 0.1) is 36.1 Å². The van der Waals surface area contributed by atoms with Gasteiger partial charge in [0, 0.05) is 25.6 Å². The number of rotatable bonds is 12. The molecule has 3 aromatic heterocycles. The molecule has 13 heteroatoms. The summed E-state index contributed by atoms with van der Waals surface area (Å²) in [7, 11) is -0.726. The molecule has 0 unspecified atom stereocenters. The highest BCUT2D eigenvalue weighted by Gasteiger charge is 2.36. The summed E-state index contributed by atoms with van der Waals surface area (Å²) >= 11 is 5.92. The predicted molar refractivity (Wildman–Crippen MR) is 134 cm³/mol. The Morgan fingerprint density at radius 1 is 1.06 bits per heavy atom. The normalized spacial score (nSPS) is 14.6. The molecule has 0 fully saturated rings. The molecular formula is C23H31ClN6O5S. The van der Waals surface area contributed by atoms with E-state index in [0.29, 0.717) is 29.0 Å². The lowest BCUT2D eigenvalue weighted by Gasteiger charge is -2.25. The van der Waals surface area contributed by atoms with Crippen molar-refractivity contribution in [3.05, 3.63) is 47.3 Å². The quantitative estimate of drug-likeness (QED) is 0.337. The number of aromatic nitrogens is 6. The largest absolute Gasteiger partial charge is 0.481 e. The SMILES string of the molecule is COC[C@H](C)n1c(CS(=O)(=O)[C@@H](C)[C@@H](OC(C)C)c2ncc(Cl)cn2)nnc1-c1cccc(OC)n1. The molecule has 0 aliphatic heterocycles. The summed E-state index contributed by atoms with van der Waals surface area (Å²) in [4.78, 5) is 12.8. The summed E-state index contributed by atoms with van der Waals surface area (Å²) < 4.78 is 45.5. The number of sulfone groups is 1. The number of hydrogen-bond donors (Lipinski definition) is 0. The van der Waals surface area contributed by atoms with Crippen LogP contribution in [0.3, 0.4) is 0 Å². The van der Waals surface area contributed by atoms with Crippen LogP contribution in [0.2, 0.25) is 5.02 Å². The Hall–Kier alpha value is -2.67. The third-order valence-electron chi connectivity index (χ3n) is 5.41. The van der Waals surface area contributed by atoms with Crippen molar-refractivity contribution in [3.8, 4) is 17.4 Å². The van der Waals surface area contributed by atoms with Crippen molar-refractivity contribution in [2.24, 2.45) is 0 Å². The van der Waals surface area contributed by atoms with Crippen LogP contribution in [0.1, 0.15) is 51.5 Å². The zero-order valence-electron chi connectivity index (χ0n) is 21.1. The summed E-state index contributed by atoms with van der Waals surface area (Å²) in [6, 6.07) is 4.98. The molecule has 36 heavy (non-hydrogen) atoms. The van der Waals surface area contributed by atoms with Gasteiger partial charge in [0.1, 0.15) is 23.4 Å². The molecule has 0 aliphatic carbocycles. The van der Waals surface area contributed by atoms with Crippen LogP contribution in [0.15, 0.2) is 30.6 Å². The first-order valence-electron chi connectivity index (χ1n) is 11.4. The van der Waals surface area contributed by atoms with Crippen LogP contribution in [0.25, 0.3) is 11.5 Å². The molecule has 0 radical (unpaired) electrons. The van der Waals surface area contributed by atoms with E-state index in [2.05, 4.69) is 25.1 Å². The Morgan fingerprint density at radius 3 is 2.36 bits per heavy atom. The molecule has 0 spiro atoms. The summed E-state index contributed by atoms with van der Waals surface area (Å²) in [5, 5.41) is 7.87. The number of halogens is 1. The van der Waals surface area contributed by atoms with Gasteiger partial charge >= 0.3 is 0 Å². The van der Waals surface area contributed by atoms with Crippen molar-refractivity contribution in [3.63, 3.8) is 0 Å². The Kier molecular flexibility index (Phi) is 9.34. The van der Waals surface area contributed by atoms with Gasteiger partial charge in [0.15, 0.2) is 21.5 Å². The molecule has 0 aliphatic rings. The molecule has 196 valence electrons. The van der Waals surface area contributed by atoms with Gasteiger partial charge in [-0.2, -0.15) is 0 Å². The highest BCUT2D eigenvalue weighted by atomic mass is 35.5. The van der Waals surface area contributed by atoms with Crippen molar-refractivity contribution in [1.82, 2.24) is 29.7 Å². The monoisotopic (exact) mass is 538 g/mol. The summed E-state index contributed by atoms with van der Waals surface area (Å²) in [5.41, 5.74) is 0.497. The maximum absolute atomic E-state index is 13.6. The van der Waals surface area contributed by atoms with Gasteiger partial charge in [-0.15, -0.1) is 10.2 Å². The third kappa shape index (κ3) is 6.55. The number of nitrogens with zero attached hydrogens (tertiary/aromatic N) is 6. The van der Waals surface area contributed by atoms with E-state index >= 15 is 0 Å². The lowest BCUT2D eigenvalue weighted by Crippen LogP contribution is -2.32. The highest BCUT2D eigenvalue weighted by molar-refractivity contribution is 7.91. The molecule has 3 atom stereocenters. The average Bonchev–Trinajstić information content (AvgIpc) is 3.25. The highest BCUT2D eigenvalue weighted by Crippen LogP contribution is 2.29. The molecule has 11 nitrogen and oxygen atoms in total. The van der Waals surface area contributed by atoms with Crippen LogP contribution in [-0.4, -0.2) is 70.3 Å². The number of hydrogen-bond acceptors (Lipinski definition) is 10. The van der Waals surface area contributed by atoms with Gasteiger partial charge in [-0.3, -0.25) is 0 Å². The second kappa shape index (κ2) is 12.0. The van der Waals surface area contributed by atoms with E-state index in [9.17, 15) is 8.42 Å².